The van der Waals surface area contributed by atoms with Crippen molar-refractivity contribution < 1.29 is 8.42 Å². The van der Waals surface area contributed by atoms with Crippen molar-refractivity contribution in [2.24, 2.45) is 18.0 Å². The molecule has 144 valence electrons. The molecule has 0 aliphatic carbocycles. The maximum Gasteiger partial charge on any atom is 0.211 e. The Morgan fingerprint density at radius 3 is 2.56 bits per heavy atom. The third-order valence-corrected chi connectivity index (χ3v) is 5.57. The van der Waals surface area contributed by atoms with Crippen molar-refractivity contribution in [1.82, 2.24) is 24.7 Å². The number of nitrogens with zero attached hydrogens (tertiary/aromatic N) is 4. The van der Waals surface area contributed by atoms with E-state index in [-0.39, 0.29) is 24.0 Å². The van der Waals surface area contributed by atoms with Gasteiger partial charge >= 0.3 is 0 Å². The minimum absolute atomic E-state index is 0. The third kappa shape index (κ3) is 7.10. The Morgan fingerprint density at radius 2 is 2.04 bits per heavy atom. The van der Waals surface area contributed by atoms with Crippen molar-refractivity contribution in [2.75, 3.05) is 32.4 Å². The number of aromatic nitrogens is 2. The first kappa shape index (κ1) is 22.2. The van der Waals surface area contributed by atoms with E-state index in [4.69, 9.17) is 0 Å². The van der Waals surface area contributed by atoms with Crippen LogP contribution in [0.15, 0.2) is 17.3 Å². The summed E-state index contributed by atoms with van der Waals surface area (Å²) in [7, 11) is -1.15. The lowest BCUT2D eigenvalue weighted by Gasteiger charge is -2.30. The highest BCUT2D eigenvalue weighted by atomic mass is 127. The van der Waals surface area contributed by atoms with Gasteiger partial charge in [0.2, 0.25) is 10.0 Å². The minimum Gasteiger partial charge on any atom is -0.357 e. The number of aryl methyl sites for hydroxylation is 1. The first-order valence-corrected chi connectivity index (χ1v) is 10.2. The van der Waals surface area contributed by atoms with Gasteiger partial charge in [-0.2, -0.15) is 5.10 Å². The smallest absolute Gasteiger partial charge is 0.211 e. The number of rotatable bonds is 6. The molecule has 0 saturated carbocycles. The molecule has 10 heteroatoms. The molecule has 1 saturated heterocycles. The molecule has 0 radical (unpaired) electrons. The largest absolute Gasteiger partial charge is 0.357 e. The summed E-state index contributed by atoms with van der Waals surface area (Å²) < 4.78 is 26.5. The molecule has 2 rings (SSSR count). The van der Waals surface area contributed by atoms with Crippen LogP contribution < -0.4 is 10.6 Å². The quantitative estimate of drug-likeness (QED) is 0.354. The molecule has 0 aromatic carbocycles. The molecule has 8 nitrogen and oxygen atoms in total. The fourth-order valence-electron chi connectivity index (χ4n) is 2.74. The van der Waals surface area contributed by atoms with E-state index < -0.39 is 10.0 Å². The molecule has 0 amide bonds. The van der Waals surface area contributed by atoms with E-state index in [9.17, 15) is 8.42 Å². The Bertz CT molecular complexity index is 653. The monoisotopic (exact) mass is 484 g/mol. The van der Waals surface area contributed by atoms with Crippen LogP contribution in [0.25, 0.3) is 0 Å². The van der Waals surface area contributed by atoms with E-state index in [1.165, 1.54) is 6.26 Å². The number of piperidine rings is 1. The van der Waals surface area contributed by atoms with Crippen LogP contribution in [0.3, 0.4) is 0 Å². The van der Waals surface area contributed by atoms with Crippen molar-refractivity contribution in [3.63, 3.8) is 0 Å². The molecule has 25 heavy (non-hydrogen) atoms. The zero-order chi connectivity index (χ0) is 17.6. The normalized spacial score (nSPS) is 17.2. The molecule has 0 atom stereocenters. The number of guanidine groups is 1. The Kier molecular flexibility index (Phi) is 9.14. The van der Waals surface area contributed by atoms with E-state index in [1.54, 1.807) is 10.5 Å². The van der Waals surface area contributed by atoms with Crippen LogP contribution in [-0.2, 0) is 23.6 Å². The summed E-state index contributed by atoms with van der Waals surface area (Å²) >= 11 is 0. The van der Waals surface area contributed by atoms with E-state index in [0.717, 1.165) is 37.6 Å². The zero-order valence-corrected chi connectivity index (χ0v) is 18.3. The van der Waals surface area contributed by atoms with Crippen molar-refractivity contribution >= 4 is 40.0 Å². The standard InChI is InChI=1S/C15H28N6O2S.HI/c1-4-16-15(18-12-14-5-8-19-20(14)2)17-11-13-6-9-21(10-7-13)24(3,22)23;/h5,8,13H,4,6-7,9-12H2,1-3H3,(H2,16,17,18);1H. The van der Waals surface area contributed by atoms with Gasteiger partial charge in [-0.1, -0.05) is 0 Å². The van der Waals surface area contributed by atoms with Crippen LogP contribution in [0, 0.1) is 5.92 Å². The molecule has 2 heterocycles. The Labute approximate surface area is 167 Å². The number of aliphatic imine (C=N–C) groups is 1. The summed E-state index contributed by atoms with van der Waals surface area (Å²) in [5.41, 5.74) is 1.05. The lowest BCUT2D eigenvalue weighted by molar-refractivity contribution is 0.275. The van der Waals surface area contributed by atoms with Gasteiger partial charge in [0.1, 0.15) is 0 Å². The minimum atomic E-state index is -3.06. The van der Waals surface area contributed by atoms with Gasteiger partial charge in [0.15, 0.2) is 5.96 Å². The lowest BCUT2D eigenvalue weighted by atomic mass is 9.98. The zero-order valence-electron chi connectivity index (χ0n) is 15.1. The molecule has 1 fully saturated rings. The van der Waals surface area contributed by atoms with Gasteiger partial charge in [0.25, 0.3) is 0 Å². The molecule has 0 spiro atoms. The molecular formula is C15H29IN6O2S. The average molecular weight is 484 g/mol. The van der Waals surface area contributed by atoms with E-state index >= 15 is 0 Å². The highest BCUT2D eigenvalue weighted by Crippen LogP contribution is 2.18. The van der Waals surface area contributed by atoms with Gasteiger partial charge < -0.3 is 10.6 Å². The topological polar surface area (TPSA) is 91.6 Å². The highest BCUT2D eigenvalue weighted by Gasteiger charge is 2.24. The first-order valence-electron chi connectivity index (χ1n) is 8.34. The van der Waals surface area contributed by atoms with Crippen LogP contribution in [0.4, 0.5) is 0 Å². The molecule has 1 aliphatic rings. The number of sulfonamides is 1. The van der Waals surface area contributed by atoms with Gasteiger partial charge in [-0.15, -0.1) is 24.0 Å². The molecule has 1 aromatic heterocycles. The van der Waals surface area contributed by atoms with E-state index in [0.29, 0.717) is 25.6 Å². The Morgan fingerprint density at radius 1 is 1.36 bits per heavy atom. The number of halogens is 1. The van der Waals surface area contributed by atoms with Gasteiger partial charge in [-0.25, -0.2) is 17.7 Å². The van der Waals surface area contributed by atoms with Crippen molar-refractivity contribution in [1.29, 1.82) is 0 Å². The fraction of sp³-hybridized carbons (Fsp3) is 0.733. The van der Waals surface area contributed by atoms with Gasteiger partial charge in [0, 0.05) is 39.4 Å². The summed E-state index contributed by atoms with van der Waals surface area (Å²) in [6.07, 6.45) is 4.79. The first-order chi connectivity index (χ1) is 11.4. The van der Waals surface area contributed by atoms with Crippen molar-refractivity contribution in [3.8, 4) is 0 Å². The number of hydrogen-bond acceptors (Lipinski definition) is 4. The van der Waals surface area contributed by atoms with Crippen LogP contribution in [0.2, 0.25) is 0 Å². The molecule has 0 bridgehead atoms. The van der Waals surface area contributed by atoms with E-state index in [2.05, 4.69) is 20.7 Å². The summed E-state index contributed by atoms with van der Waals surface area (Å²) in [6.45, 7) is 5.41. The SMILES string of the molecule is CCNC(=NCc1ccnn1C)NCC1CCN(S(C)(=O)=O)CC1.I. The van der Waals surface area contributed by atoms with Crippen molar-refractivity contribution in [3.05, 3.63) is 18.0 Å². The average Bonchev–Trinajstić information content (AvgIpc) is 2.95. The van der Waals surface area contributed by atoms with Gasteiger partial charge in [-0.3, -0.25) is 4.68 Å². The predicted molar refractivity (Wildman–Crippen MR) is 111 cm³/mol. The van der Waals surface area contributed by atoms with E-state index in [1.807, 2.05) is 24.7 Å². The second-order valence-corrected chi connectivity index (χ2v) is 8.11. The maximum atomic E-state index is 11.5. The second kappa shape index (κ2) is 10.3. The van der Waals surface area contributed by atoms with Crippen LogP contribution in [0.1, 0.15) is 25.5 Å². The predicted octanol–water partition coefficient (Wildman–Crippen LogP) is 0.765. The molecular weight excluding hydrogens is 455 g/mol. The summed E-state index contributed by atoms with van der Waals surface area (Å²) in [5, 5.41) is 10.7. The number of nitrogens with one attached hydrogen (secondary N) is 2. The molecule has 2 N–H and O–H groups in total. The molecule has 0 unspecified atom stereocenters. The van der Waals surface area contributed by atoms with Crippen molar-refractivity contribution in [2.45, 2.75) is 26.3 Å². The lowest BCUT2D eigenvalue weighted by Crippen LogP contribution is -2.44. The van der Waals surface area contributed by atoms with Gasteiger partial charge in [-0.05, 0) is 31.7 Å². The summed E-state index contributed by atoms with van der Waals surface area (Å²) in [6, 6.07) is 1.95. The second-order valence-electron chi connectivity index (χ2n) is 6.13. The Hall–Kier alpha value is -0.880. The molecule has 1 aliphatic heterocycles. The Balaban J connectivity index is 0.00000312. The number of hydrogen-bond donors (Lipinski definition) is 2. The maximum absolute atomic E-state index is 11.5. The van der Waals surface area contributed by atoms with Crippen LogP contribution >= 0.6 is 24.0 Å². The summed E-state index contributed by atoms with van der Waals surface area (Å²) in [4.78, 5) is 4.58. The van der Waals surface area contributed by atoms with Crippen LogP contribution in [0.5, 0.6) is 0 Å². The van der Waals surface area contributed by atoms with Crippen LogP contribution in [-0.4, -0.2) is 60.9 Å². The third-order valence-electron chi connectivity index (χ3n) is 4.27. The fourth-order valence-corrected chi connectivity index (χ4v) is 3.62. The summed E-state index contributed by atoms with van der Waals surface area (Å²) in [5.74, 6) is 1.24. The highest BCUT2D eigenvalue weighted by molar-refractivity contribution is 14.0. The molecule has 1 aromatic rings. The van der Waals surface area contributed by atoms with Gasteiger partial charge in [0.05, 0.1) is 18.5 Å².